The number of nitrogens with zero attached hydrogens (tertiary/aromatic N) is 4. The minimum absolute atomic E-state index is 0.120. The molecular formula is C20H28N4O2S. The second-order valence-corrected chi connectivity index (χ2v) is 10.6. The zero-order chi connectivity index (χ0) is 19.3. The normalized spacial score (nSPS) is 27.4. The van der Waals surface area contributed by atoms with Crippen molar-refractivity contribution in [3.63, 3.8) is 0 Å². The summed E-state index contributed by atoms with van der Waals surface area (Å²) in [5, 5.41) is 4.18. The van der Waals surface area contributed by atoms with Crippen LogP contribution in [0.15, 0.2) is 30.6 Å². The van der Waals surface area contributed by atoms with E-state index in [1.54, 1.807) is 6.20 Å². The Morgan fingerprint density at radius 1 is 1.22 bits per heavy atom. The number of benzene rings is 1. The van der Waals surface area contributed by atoms with Gasteiger partial charge in [0.15, 0.2) is 9.84 Å². The van der Waals surface area contributed by atoms with E-state index in [0.717, 1.165) is 18.8 Å². The molecule has 1 aromatic carbocycles. The Morgan fingerprint density at radius 2 is 2.00 bits per heavy atom. The van der Waals surface area contributed by atoms with Gasteiger partial charge in [-0.3, -0.25) is 4.90 Å². The van der Waals surface area contributed by atoms with Gasteiger partial charge in [0.1, 0.15) is 0 Å². The van der Waals surface area contributed by atoms with Gasteiger partial charge in [0.05, 0.1) is 16.7 Å². The monoisotopic (exact) mass is 388 g/mol. The fourth-order valence-corrected chi connectivity index (χ4v) is 7.30. The van der Waals surface area contributed by atoms with Gasteiger partial charge in [-0.15, -0.1) is 0 Å². The molecule has 2 aromatic rings. The molecule has 1 aromatic heterocycles. The molecule has 0 spiro atoms. The number of likely N-dealkylation sites (tertiary alicyclic amines) is 1. The SMILES string of the molecule is Cc1cc(C)c(CN2C[C@H]3[C@H](N(C)C)CS(=O)(=O)[C@H]3C2)c(-n2cccn2)c1. The van der Waals surface area contributed by atoms with Gasteiger partial charge in [0.25, 0.3) is 0 Å². The summed E-state index contributed by atoms with van der Waals surface area (Å²) < 4.78 is 27.2. The van der Waals surface area contributed by atoms with Gasteiger partial charge in [0, 0.05) is 44.0 Å². The first-order valence-electron chi connectivity index (χ1n) is 9.47. The summed E-state index contributed by atoms with van der Waals surface area (Å²) in [6.07, 6.45) is 3.75. The summed E-state index contributed by atoms with van der Waals surface area (Å²) in [4.78, 5) is 4.39. The third-order valence-corrected chi connectivity index (χ3v) is 8.36. The van der Waals surface area contributed by atoms with Crippen molar-refractivity contribution in [1.29, 1.82) is 0 Å². The molecule has 0 radical (unpaired) electrons. The van der Waals surface area contributed by atoms with Crippen molar-refractivity contribution in [2.24, 2.45) is 5.92 Å². The van der Waals surface area contributed by atoms with Crippen molar-refractivity contribution < 1.29 is 8.42 Å². The number of rotatable bonds is 4. The van der Waals surface area contributed by atoms with Crippen LogP contribution < -0.4 is 0 Å². The molecule has 7 heteroatoms. The molecule has 3 heterocycles. The highest BCUT2D eigenvalue weighted by Gasteiger charge is 2.52. The first-order valence-corrected chi connectivity index (χ1v) is 11.2. The topological polar surface area (TPSA) is 58.4 Å². The molecular weight excluding hydrogens is 360 g/mol. The second kappa shape index (κ2) is 6.72. The molecule has 0 N–H and O–H groups in total. The lowest BCUT2D eigenvalue weighted by Crippen LogP contribution is -2.37. The van der Waals surface area contributed by atoms with E-state index in [9.17, 15) is 8.42 Å². The molecule has 0 aliphatic carbocycles. The maximum atomic E-state index is 12.7. The zero-order valence-electron chi connectivity index (χ0n) is 16.5. The molecule has 0 bridgehead atoms. The van der Waals surface area contributed by atoms with E-state index in [4.69, 9.17) is 0 Å². The fraction of sp³-hybridized carbons (Fsp3) is 0.550. The van der Waals surface area contributed by atoms with Gasteiger partial charge in [-0.25, -0.2) is 13.1 Å². The average Bonchev–Trinajstić information content (AvgIpc) is 3.28. The lowest BCUT2D eigenvalue weighted by Gasteiger charge is -2.26. The minimum Gasteiger partial charge on any atom is -0.305 e. The molecule has 4 rings (SSSR count). The van der Waals surface area contributed by atoms with Crippen molar-refractivity contribution in [2.75, 3.05) is 32.9 Å². The summed E-state index contributed by atoms with van der Waals surface area (Å²) in [6, 6.07) is 6.40. The molecule has 0 saturated carbocycles. The summed E-state index contributed by atoms with van der Waals surface area (Å²) >= 11 is 0. The highest BCUT2D eigenvalue weighted by atomic mass is 32.2. The largest absolute Gasteiger partial charge is 0.305 e. The molecule has 2 aliphatic rings. The molecule has 27 heavy (non-hydrogen) atoms. The molecule has 0 amide bonds. The predicted molar refractivity (Wildman–Crippen MR) is 107 cm³/mol. The minimum atomic E-state index is -3.01. The van der Waals surface area contributed by atoms with Crippen LogP contribution in [0.2, 0.25) is 0 Å². The van der Waals surface area contributed by atoms with Crippen LogP contribution in [0, 0.1) is 19.8 Å². The second-order valence-electron chi connectivity index (χ2n) is 8.29. The summed E-state index contributed by atoms with van der Waals surface area (Å²) in [7, 11) is 0.968. The third kappa shape index (κ3) is 3.32. The van der Waals surface area contributed by atoms with Gasteiger partial charge in [-0.05, 0) is 56.8 Å². The van der Waals surface area contributed by atoms with E-state index in [1.807, 2.05) is 31.0 Å². The first-order chi connectivity index (χ1) is 12.8. The van der Waals surface area contributed by atoms with Crippen molar-refractivity contribution in [3.8, 4) is 5.69 Å². The Balaban J connectivity index is 1.63. The molecule has 146 valence electrons. The molecule has 2 saturated heterocycles. The number of fused-ring (bicyclic) bond motifs is 1. The average molecular weight is 389 g/mol. The number of hydrogen-bond acceptors (Lipinski definition) is 5. The van der Waals surface area contributed by atoms with Crippen LogP contribution in [0.4, 0.5) is 0 Å². The van der Waals surface area contributed by atoms with E-state index >= 15 is 0 Å². The van der Waals surface area contributed by atoms with Crippen molar-refractivity contribution in [3.05, 3.63) is 47.3 Å². The van der Waals surface area contributed by atoms with Gasteiger partial charge < -0.3 is 4.90 Å². The van der Waals surface area contributed by atoms with Crippen molar-refractivity contribution in [1.82, 2.24) is 19.6 Å². The van der Waals surface area contributed by atoms with E-state index in [1.165, 1.54) is 16.7 Å². The highest BCUT2D eigenvalue weighted by Crippen LogP contribution is 2.37. The van der Waals surface area contributed by atoms with Gasteiger partial charge in [0.2, 0.25) is 0 Å². The molecule has 2 aliphatic heterocycles. The van der Waals surface area contributed by atoms with E-state index in [0.29, 0.717) is 12.3 Å². The highest BCUT2D eigenvalue weighted by molar-refractivity contribution is 7.92. The quantitative estimate of drug-likeness (QED) is 0.797. The molecule has 6 nitrogen and oxygen atoms in total. The first kappa shape index (κ1) is 18.7. The van der Waals surface area contributed by atoms with Gasteiger partial charge >= 0.3 is 0 Å². The predicted octanol–water partition coefficient (Wildman–Crippen LogP) is 1.65. The molecule has 0 unspecified atom stereocenters. The van der Waals surface area contributed by atoms with Crippen molar-refractivity contribution >= 4 is 9.84 Å². The van der Waals surface area contributed by atoms with Crippen LogP contribution in [0.25, 0.3) is 5.69 Å². The van der Waals surface area contributed by atoms with Crippen LogP contribution in [-0.2, 0) is 16.4 Å². The number of sulfone groups is 1. The zero-order valence-corrected chi connectivity index (χ0v) is 17.3. The van der Waals surface area contributed by atoms with E-state index in [2.05, 4.69) is 40.9 Å². The number of aromatic nitrogens is 2. The number of hydrogen-bond donors (Lipinski definition) is 0. The fourth-order valence-electron chi connectivity index (χ4n) is 4.80. The standard InChI is InChI=1S/C20H28N4O2S/c1-14-8-15(2)16(18(9-14)24-7-5-6-21-24)10-23-11-17-19(22(3)4)13-27(25,26)20(17)12-23/h5-9,17,19-20H,10-13H2,1-4H3/t17-,19+,20-/m0/s1. The van der Waals surface area contributed by atoms with Crippen LogP contribution in [0.5, 0.6) is 0 Å². The number of aryl methyl sites for hydroxylation is 2. The van der Waals surface area contributed by atoms with Crippen LogP contribution in [0.3, 0.4) is 0 Å². The molecule has 3 atom stereocenters. The summed E-state index contributed by atoms with van der Waals surface area (Å²) in [5.41, 5.74) is 4.74. The Kier molecular flexibility index (Phi) is 4.64. The lowest BCUT2D eigenvalue weighted by atomic mass is 9.99. The maximum Gasteiger partial charge on any atom is 0.156 e. The summed E-state index contributed by atoms with van der Waals surface area (Å²) in [6.45, 7) is 6.44. The molecule has 2 fully saturated rings. The van der Waals surface area contributed by atoms with E-state index < -0.39 is 9.84 Å². The Hall–Kier alpha value is -1.70. The van der Waals surface area contributed by atoms with Crippen LogP contribution in [-0.4, -0.2) is 72.2 Å². The summed E-state index contributed by atoms with van der Waals surface area (Å²) in [5.74, 6) is 0.495. The lowest BCUT2D eigenvalue weighted by molar-refractivity contribution is 0.229. The van der Waals surface area contributed by atoms with E-state index in [-0.39, 0.29) is 17.2 Å². The Labute approximate surface area is 161 Å². The van der Waals surface area contributed by atoms with Crippen LogP contribution >= 0.6 is 0 Å². The Morgan fingerprint density at radius 3 is 2.67 bits per heavy atom. The van der Waals surface area contributed by atoms with Gasteiger partial charge in [-0.2, -0.15) is 5.10 Å². The van der Waals surface area contributed by atoms with Crippen LogP contribution in [0.1, 0.15) is 16.7 Å². The maximum absolute atomic E-state index is 12.7. The van der Waals surface area contributed by atoms with Gasteiger partial charge in [-0.1, -0.05) is 6.07 Å². The Bertz CT molecular complexity index is 937. The smallest absolute Gasteiger partial charge is 0.156 e. The third-order valence-electron chi connectivity index (χ3n) is 6.13. The van der Waals surface area contributed by atoms with Crippen molar-refractivity contribution in [2.45, 2.75) is 31.7 Å².